The van der Waals surface area contributed by atoms with Crippen molar-refractivity contribution >= 4 is 46.5 Å². The topological polar surface area (TPSA) is 20.7 Å². The van der Waals surface area contributed by atoms with Crippen molar-refractivity contribution in [2.24, 2.45) is 0 Å². The molecule has 0 bridgehead atoms. The number of aromatic nitrogens is 2. The SMILES string of the molecule is Cc1cc2c(cc1F)[nH]c(=S)n2-c1ccc(Cl)cc1Cl. The molecule has 0 atom stereocenters. The number of fused-ring (bicyclic) bond motifs is 1. The van der Waals surface area contributed by atoms with E-state index in [-0.39, 0.29) is 5.82 Å². The second kappa shape index (κ2) is 4.88. The molecular formula is C14H9Cl2FN2S. The molecule has 3 aromatic rings. The third-order valence-electron chi connectivity index (χ3n) is 3.11. The van der Waals surface area contributed by atoms with Gasteiger partial charge in [-0.15, -0.1) is 0 Å². The summed E-state index contributed by atoms with van der Waals surface area (Å²) in [4.78, 5) is 2.98. The number of nitrogens with zero attached hydrogens (tertiary/aromatic N) is 1. The van der Waals surface area contributed by atoms with Crippen molar-refractivity contribution in [1.82, 2.24) is 9.55 Å². The number of aryl methyl sites for hydroxylation is 1. The molecule has 20 heavy (non-hydrogen) atoms. The van der Waals surface area contributed by atoms with E-state index in [1.54, 1.807) is 35.8 Å². The Labute approximate surface area is 129 Å². The third-order valence-corrected chi connectivity index (χ3v) is 3.94. The van der Waals surface area contributed by atoms with Crippen LogP contribution in [0, 0.1) is 17.5 Å². The van der Waals surface area contributed by atoms with Crippen LogP contribution in [0.1, 0.15) is 5.56 Å². The van der Waals surface area contributed by atoms with E-state index in [9.17, 15) is 4.39 Å². The van der Waals surface area contributed by atoms with Gasteiger partial charge in [0.2, 0.25) is 0 Å². The van der Waals surface area contributed by atoms with E-state index >= 15 is 0 Å². The molecule has 102 valence electrons. The molecule has 3 rings (SSSR count). The number of rotatable bonds is 1. The molecule has 1 heterocycles. The fourth-order valence-corrected chi connectivity index (χ4v) is 2.93. The quantitative estimate of drug-likeness (QED) is 0.590. The molecule has 0 aliphatic carbocycles. The Kier molecular flexibility index (Phi) is 3.32. The molecule has 1 N–H and O–H groups in total. The van der Waals surface area contributed by atoms with Gasteiger partial charge in [0.15, 0.2) is 4.77 Å². The van der Waals surface area contributed by atoms with Crippen LogP contribution >= 0.6 is 35.4 Å². The predicted molar refractivity (Wildman–Crippen MR) is 83.2 cm³/mol. The maximum atomic E-state index is 13.6. The summed E-state index contributed by atoms with van der Waals surface area (Å²) in [6, 6.07) is 8.34. The van der Waals surface area contributed by atoms with E-state index in [2.05, 4.69) is 4.98 Å². The summed E-state index contributed by atoms with van der Waals surface area (Å²) in [6.07, 6.45) is 0. The lowest BCUT2D eigenvalue weighted by molar-refractivity contribution is 0.620. The van der Waals surface area contributed by atoms with Crippen LogP contribution in [0.5, 0.6) is 0 Å². The second-order valence-electron chi connectivity index (χ2n) is 4.48. The molecule has 0 saturated carbocycles. The molecule has 0 amide bonds. The highest BCUT2D eigenvalue weighted by Gasteiger charge is 2.12. The Balaban J connectivity index is 2.39. The van der Waals surface area contributed by atoms with Crippen LogP contribution in [0.15, 0.2) is 30.3 Å². The standard InChI is InChI=1S/C14H9Cl2FN2S/c1-7-4-13-11(6-10(7)17)18-14(20)19(13)12-3-2-8(15)5-9(12)16/h2-6H,1H3,(H,18,20). The molecule has 0 spiro atoms. The summed E-state index contributed by atoms with van der Waals surface area (Å²) in [6.45, 7) is 1.71. The summed E-state index contributed by atoms with van der Waals surface area (Å²) in [7, 11) is 0. The lowest BCUT2D eigenvalue weighted by Crippen LogP contribution is -1.95. The predicted octanol–water partition coefficient (Wildman–Crippen LogP) is 5.44. The lowest BCUT2D eigenvalue weighted by Gasteiger charge is -2.08. The maximum Gasteiger partial charge on any atom is 0.182 e. The molecule has 1 aromatic heterocycles. The van der Waals surface area contributed by atoms with E-state index in [1.165, 1.54) is 6.07 Å². The van der Waals surface area contributed by atoms with Crippen LogP contribution in [0.25, 0.3) is 16.7 Å². The molecule has 0 radical (unpaired) electrons. The fourth-order valence-electron chi connectivity index (χ4n) is 2.13. The number of hydrogen-bond donors (Lipinski definition) is 1. The van der Waals surface area contributed by atoms with Crippen LogP contribution in [0.2, 0.25) is 10.0 Å². The minimum absolute atomic E-state index is 0.275. The Bertz CT molecular complexity index is 883. The molecule has 6 heteroatoms. The van der Waals surface area contributed by atoms with Gasteiger partial charge < -0.3 is 4.98 Å². The minimum atomic E-state index is -0.275. The molecule has 2 nitrogen and oxygen atoms in total. The summed E-state index contributed by atoms with van der Waals surface area (Å²) in [5.41, 5.74) is 2.66. The molecular weight excluding hydrogens is 318 g/mol. The second-order valence-corrected chi connectivity index (χ2v) is 5.71. The smallest absolute Gasteiger partial charge is 0.182 e. The molecule has 0 saturated heterocycles. The maximum absolute atomic E-state index is 13.6. The molecule has 0 unspecified atom stereocenters. The average molecular weight is 327 g/mol. The van der Waals surface area contributed by atoms with E-state index < -0.39 is 0 Å². The van der Waals surface area contributed by atoms with E-state index in [4.69, 9.17) is 35.4 Å². The van der Waals surface area contributed by atoms with Gasteiger partial charge in [-0.1, -0.05) is 23.2 Å². The van der Waals surface area contributed by atoms with Crippen LogP contribution < -0.4 is 0 Å². The average Bonchev–Trinajstić information content (AvgIpc) is 2.66. The first kappa shape index (κ1) is 13.6. The zero-order valence-corrected chi connectivity index (χ0v) is 12.7. The minimum Gasteiger partial charge on any atom is -0.330 e. The normalized spacial score (nSPS) is 11.2. The molecule has 2 aromatic carbocycles. The van der Waals surface area contributed by atoms with Gasteiger partial charge in [-0.05, 0) is 55.0 Å². The Morgan fingerprint density at radius 3 is 2.65 bits per heavy atom. The van der Waals surface area contributed by atoms with Gasteiger partial charge in [-0.2, -0.15) is 0 Å². The van der Waals surface area contributed by atoms with Crippen LogP contribution in [0.3, 0.4) is 0 Å². The van der Waals surface area contributed by atoms with Gasteiger partial charge in [-0.3, -0.25) is 4.57 Å². The van der Waals surface area contributed by atoms with Gasteiger partial charge in [0, 0.05) is 5.02 Å². The van der Waals surface area contributed by atoms with Crippen molar-refractivity contribution in [3.63, 3.8) is 0 Å². The van der Waals surface area contributed by atoms with Gasteiger partial charge in [-0.25, -0.2) is 4.39 Å². The monoisotopic (exact) mass is 326 g/mol. The van der Waals surface area contributed by atoms with Crippen LogP contribution in [-0.2, 0) is 0 Å². The molecule has 0 aliphatic rings. The van der Waals surface area contributed by atoms with Crippen molar-refractivity contribution in [3.8, 4) is 5.69 Å². The van der Waals surface area contributed by atoms with Crippen molar-refractivity contribution in [1.29, 1.82) is 0 Å². The lowest BCUT2D eigenvalue weighted by atomic mass is 10.2. The zero-order chi connectivity index (χ0) is 14.4. The van der Waals surface area contributed by atoms with Crippen molar-refractivity contribution in [3.05, 3.63) is 56.5 Å². The highest BCUT2D eigenvalue weighted by atomic mass is 35.5. The van der Waals surface area contributed by atoms with Gasteiger partial charge in [0.05, 0.1) is 21.7 Å². The van der Waals surface area contributed by atoms with E-state index in [1.807, 2.05) is 0 Å². The Hall–Kier alpha value is -1.36. The number of aromatic amines is 1. The largest absolute Gasteiger partial charge is 0.330 e. The number of nitrogens with one attached hydrogen (secondary N) is 1. The van der Waals surface area contributed by atoms with E-state index in [0.717, 1.165) is 5.52 Å². The van der Waals surface area contributed by atoms with Crippen molar-refractivity contribution in [2.45, 2.75) is 6.92 Å². The first-order valence-electron chi connectivity index (χ1n) is 5.83. The highest BCUT2D eigenvalue weighted by molar-refractivity contribution is 7.71. The first-order chi connectivity index (χ1) is 9.47. The number of H-pyrrole nitrogens is 1. The summed E-state index contributed by atoms with van der Waals surface area (Å²) in [5, 5.41) is 1.03. The molecule has 0 fully saturated rings. The number of hydrogen-bond acceptors (Lipinski definition) is 1. The summed E-state index contributed by atoms with van der Waals surface area (Å²) < 4.78 is 15.8. The van der Waals surface area contributed by atoms with Gasteiger partial charge in [0.25, 0.3) is 0 Å². The van der Waals surface area contributed by atoms with Gasteiger partial charge in [0.1, 0.15) is 5.82 Å². The fraction of sp³-hybridized carbons (Fsp3) is 0.0714. The number of halogens is 3. The number of benzene rings is 2. The van der Waals surface area contributed by atoms with Crippen molar-refractivity contribution < 1.29 is 4.39 Å². The third kappa shape index (κ3) is 2.14. The summed E-state index contributed by atoms with van der Waals surface area (Å²) >= 11 is 17.4. The van der Waals surface area contributed by atoms with E-state index in [0.29, 0.717) is 31.6 Å². The molecule has 0 aliphatic heterocycles. The Morgan fingerprint density at radius 2 is 1.95 bits per heavy atom. The Morgan fingerprint density at radius 1 is 1.20 bits per heavy atom. The van der Waals surface area contributed by atoms with Crippen LogP contribution in [-0.4, -0.2) is 9.55 Å². The van der Waals surface area contributed by atoms with Crippen LogP contribution in [0.4, 0.5) is 4.39 Å². The highest BCUT2D eigenvalue weighted by Crippen LogP contribution is 2.29. The zero-order valence-electron chi connectivity index (χ0n) is 10.4. The first-order valence-corrected chi connectivity index (χ1v) is 7.00. The van der Waals surface area contributed by atoms with Crippen molar-refractivity contribution in [2.75, 3.05) is 0 Å². The summed E-state index contributed by atoms with van der Waals surface area (Å²) in [5.74, 6) is -0.275. The number of imidazole rings is 1. The van der Waals surface area contributed by atoms with Gasteiger partial charge >= 0.3 is 0 Å².